The molecule has 6 nitrogen and oxygen atoms in total. The molecule has 1 saturated heterocycles. The zero-order valence-corrected chi connectivity index (χ0v) is 13.8. The fourth-order valence-corrected chi connectivity index (χ4v) is 2.04. The van der Waals surface area contributed by atoms with Crippen LogP contribution in [0, 0.1) is 5.92 Å². The molecular formula is C15H28N2O4. The maximum Gasteiger partial charge on any atom is 0.410 e. The molecule has 1 heterocycles. The molecule has 1 atom stereocenters. The first-order valence-corrected chi connectivity index (χ1v) is 7.58. The number of alkyl carbamates (subject to hydrolysis) is 1. The van der Waals surface area contributed by atoms with Crippen molar-refractivity contribution in [2.24, 2.45) is 5.92 Å². The Morgan fingerprint density at radius 1 is 1.33 bits per heavy atom. The van der Waals surface area contributed by atoms with Crippen molar-refractivity contribution in [2.45, 2.75) is 59.1 Å². The summed E-state index contributed by atoms with van der Waals surface area (Å²) in [6.45, 7) is 11.0. The van der Waals surface area contributed by atoms with Crippen molar-refractivity contribution < 1.29 is 19.1 Å². The summed E-state index contributed by atoms with van der Waals surface area (Å²) >= 11 is 0. The van der Waals surface area contributed by atoms with Crippen LogP contribution in [-0.4, -0.2) is 48.4 Å². The number of nitrogens with zero attached hydrogens (tertiary/aromatic N) is 1. The lowest BCUT2D eigenvalue weighted by Crippen LogP contribution is -2.50. The Bertz CT molecular complexity index is 363. The maximum absolute atomic E-state index is 12.0. The van der Waals surface area contributed by atoms with E-state index in [4.69, 9.17) is 9.47 Å². The number of ether oxygens (including phenoxy) is 2. The minimum atomic E-state index is -0.506. The molecular weight excluding hydrogens is 272 g/mol. The van der Waals surface area contributed by atoms with E-state index in [1.54, 1.807) is 4.90 Å². The summed E-state index contributed by atoms with van der Waals surface area (Å²) in [6, 6.07) is -0.0778. The lowest BCUT2D eigenvalue weighted by atomic mass is 10.1. The van der Waals surface area contributed by atoms with Crippen molar-refractivity contribution >= 4 is 12.2 Å². The van der Waals surface area contributed by atoms with Crippen LogP contribution in [0.4, 0.5) is 9.59 Å². The Balaban J connectivity index is 2.41. The second-order valence-electron chi connectivity index (χ2n) is 6.90. The van der Waals surface area contributed by atoms with Gasteiger partial charge in [0, 0.05) is 19.1 Å². The van der Waals surface area contributed by atoms with E-state index < -0.39 is 11.7 Å². The summed E-state index contributed by atoms with van der Waals surface area (Å²) in [5, 5.41) is 2.81. The van der Waals surface area contributed by atoms with Crippen molar-refractivity contribution in [2.75, 3.05) is 19.7 Å². The average Bonchev–Trinajstić information content (AvgIpc) is 2.34. The van der Waals surface area contributed by atoms with Gasteiger partial charge in [-0.3, -0.25) is 0 Å². The number of likely N-dealkylation sites (tertiary alicyclic amines) is 1. The molecule has 0 bridgehead atoms. The lowest BCUT2D eigenvalue weighted by molar-refractivity contribution is 0.0184. The quantitative estimate of drug-likeness (QED) is 0.870. The molecule has 0 saturated carbocycles. The molecule has 1 unspecified atom stereocenters. The molecule has 0 aromatic heterocycles. The Hall–Kier alpha value is -1.46. The Kier molecular flexibility index (Phi) is 6.30. The highest BCUT2D eigenvalue weighted by Gasteiger charge is 2.28. The fraction of sp³-hybridized carbons (Fsp3) is 0.867. The van der Waals surface area contributed by atoms with Gasteiger partial charge in [-0.1, -0.05) is 13.8 Å². The van der Waals surface area contributed by atoms with Crippen LogP contribution in [0.5, 0.6) is 0 Å². The van der Waals surface area contributed by atoms with E-state index >= 15 is 0 Å². The predicted octanol–water partition coefficient (Wildman–Crippen LogP) is 2.77. The lowest BCUT2D eigenvalue weighted by Gasteiger charge is -2.34. The first-order chi connectivity index (χ1) is 9.67. The molecule has 6 heteroatoms. The van der Waals surface area contributed by atoms with Crippen molar-refractivity contribution in [3.63, 3.8) is 0 Å². The highest BCUT2D eigenvalue weighted by Crippen LogP contribution is 2.15. The Morgan fingerprint density at radius 2 is 2.00 bits per heavy atom. The third-order valence-electron chi connectivity index (χ3n) is 2.94. The van der Waals surface area contributed by atoms with Crippen LogP contribution >= 0.6 is 0 Å². The molecule has 0 aliphatic carbocycles. The van der Waals surface area contributed by atoms with Crippen LogP contribution in [0.25, 0.3) is 0 Å². The van der Waals surface area contributed by atoms with Gasteiger partial charge in [0.05, 0.1) is 6.61 Å². The van der Waals surface area contributed by atoms with E-state index in [0.29, 0.717) is 25.6 Å². The van der Waals surface area contributed by atoms with Crippen LogP contribution in [-0.2, 0) is 9.47 Å². The highest BCUT2D eigenvalue weighted by molar-refractivity contribution is 5.69. The molecule has 122 valence electrons. The zero-order chi connectivity index (χ0) is 16.0. The SMILES string of the molecule is CC(C)COC(=O)NC1CCCN(C(=O)OC(C)(C)C)C1. The summed E-state index contributed by atoms with van der Waals surface area (Å²) in [5.41, 5.74) is -0.506. The number of piperidine rings is 1. The first-order valence-electron chi connectivity index (χ1n) is 7.58. The van der Waals surface area contributed by atoms with E-state index in [9.17, 15) is 9.59 Å². The number of hydrogen-bond donors (Lipinski definition) is 1. The monoisotopic (exact) mass is 300 g/mol. The molecule has 1 rings (SSSR count). The van der Waals surface area contributed by atoms with E-state index in [-0.39, 0.29) is 12.1 Å². The van der Waals surface area contributed by atoms with Crippen molar-refractivity contribution in [1.82, 2.24) is 10.2 Å². The van der Waals surface area contributed by atoms with Crippen molar-refractivity contribution in [1.29, 1.82) is 0 Å². The summed E-state index contributed by atoms with van der Waals surface area (Å²) in [6.07, 6.45) is 0.939. The highest BCUT2D eigenvalue weighted by atomic mass is 16.6. The molecule has 2 amide bonds. The number of rotatable bonds is 3. The molecule has 0 aromatic rings. The van der Waals surface area contributed by atoms with Crippen LogP contribution in [0.15, 0.2) is 0 Å². The fourth-order valence-electron chi connectivity index (χ4n) is 2.04. The van der Waals surface area contributed by atoms with E-state index in [2.05, 4.69) is 5.32 Å². The normalized spacial score (nSPS) is 19.3. The van der Waals surface area contributed by atoms with Crippen molar-refractivity contribution in [3.8, 4) is 0 Å². The van der Waals surface area contributed by atoms with Gasteiger partial charge in [0.25, 0.3) is 0 Å². The van der Waals surface area contributed by atoms with Gasteiger partial charge in [-0.2, -0.15) is 0 Å². The van der Waals surface area contributed by atoms with Crippen LogP contribution in [0.3, 0.4) is 0 Å². The van der Waals surface area contributed by atoms with E-state index in [1.165, 1.54) is 0 Å². The van der Waals surface area contributed by atoms with Crippen LogP contribution < -0.4 is 5.32 Å². The summed E-state index contributed by atoms with van der Waals surface area (Å²) in [4.78, 5) is 25.3. The third-order valence-corrected chi connectivity index (χ3v) is 2.94. The average molecular weight is 300 g/mol. The van der Waals surface area contributed by atoms with Crippen LogP contribution in [0.1, 0.15) is 47.5 Å². The number of amides is 2. The topological polar surface area (TPSA) is 67.9 Å². The van der Waals surface area contributed by atoms with Crippen molar-refractivity contribution in [3.05, 3.63) is 0 Å². The van der Waals surface area contributed by atoms with Gasteiger partial charge in [0.15, 0.2) is 0 Å². The van der Waals surface area contributed by atoms with Gasteiger partial charge >= 0.3 is 12.2 Å². The number of carbonyl (C=O) groups is 2. The molecule has 0 aromatic carbocycles. The Labute approximate surface area is 127 Å². The van der Waals surface area contributed by atoms with Gasteiger partial charge in [0.2, 0.25) is 0 Å². The minimum absolute atomic E-state index is 0.0778. The maximum atomic E-state index is 12.0. The molecule has 1 N–H and O–H groups in total. The number of carbonyl (C=O) groups excluding carboxylic acids is 2. The second kappa shape index (κ2) is 7.52. The first kappa shape index (κ1) is 17.6. The van der Waals surface area contributed by atoms with Gasteiger partial charge in [-0.05, 0) is 39.5 Å². The van der Waals surface area contributed by atoms with Gasteiger partial charge in [-0.25, -0.2) is 9.59 Å². The predicted molar refractivity (Wildman–Crippen MR) is 80.2 cm³/mol. The van der Waals surface area contributed by atoms with E-state index in [1.807, 2.05) is 34.6 Å². The van der Waals surface area contributed by atoms with Gasteiger partial charge < -0.3 is 19.7 Å². The van der Waals surface area contributed by atoms with Gasteiger partial charge in [-0.15, -0.1) is 0 Å². The van der Waals surface area contributed by atoms with Gasteiger partial charge in [0.1, 0.15) is 5.60 Å². The number of nitrogens with one attached hydrogen (secondary N) is 1. The molecule has 0 spiro atoms. The molecule has 1 fully saturated rings. The molecule has 1 aliphatic rings. The van der Waals surface area contributed by atoms with Crippen LogP contribution in [0.2, 0.25) is 0 Å². The molecule has 1 aliphatic heterocycles. The summed E-state index contributed by atoms with van der Waals surface area (Å²) in [5.74, 6) is 0.306. The second-order valence-corrected chi connectivity index (χ2v) is 6.90. The standard InChI is InChI=1S/C15H28N2O4/c1-11(2)10-20-13(18)16-12-7-6-8-17(9-12)14(19)21-15(3,4)5/h11-12H,6-10H2,1-5H3,(H,16,18). The smallest absolute Gasteiger partial charge is 0.410 e. The molecule has 0 radical (unpaired) electrons. The van der Waals surface area contributed by atoms with E-state index in [0.717, 1.165) is 12.8 Å². The Morgan fingerprint density at radius 3 is 2.57 bits per heavy atom. The zero-order valence-electron chi connectivity index (χ0n) is 13.8. The third kappa shape index (κ3) is 7.20. The molecule has 21 heavy (non-hydrogen) atoms. The largest absolute Gasteiger partial charge is 0.449 e. The minimum Gasteiger partial charge on any atom is -0.449 e. The summed E-state index contributed by atoms with van der Waals surface area (Å²) < 4.78 is 10.5. The summed E-state index contributed by atoms with van der Waals surface area (Å²) in [7, 11) is 0. The number of hydrogen-bond acceptors (Lipinski definition) is 4.